The third-order valence-electron chi connectivity index (χ3n) is 3.67. The highest BCUT2D eigenvalue weighted by Crippen LogP contribution is 2.35. The van der Waals surface area contributed by atoms with Crippen molar-refractivity contribution in [1.82, 2.24) is 5.32 Å². The van der Waals surface area contributed by atoms with Crippen molar-refractivity contribution in [1.29, 1.82) is 0 Å². The van der Waals surface area contributed by atoms with Gasteiger partial charge in [-0.25, -0.2) is 0 Å². The summed E-state index contributed by atoms with van der Waals surface area (Å²) in [7, 11) is 0. The predicted molar refractivity (Wildman–Crippen MR) is 79.6 cm³/mol. The molecule has 1 N–H and O–H groups in total. The topological polar surface area (TPSA) is 49.4 Å². The van der Waals surface area contributed by atoms with Crippen LogP contribution in [0.5, 0.6) is 0 Å². The maximum atomic E-state index is 12.0. The van der Waals surface area contributed by atoms with Gasteiger partial charge in [-0.15, -0.1) is 0 Å². The number of nitrogens with zero attached hydrogens (tertiary/aromatic N) is 1. The van der Waals surface area contributed by atoms with Crippen LogP contribution in [-0.4, -0.2) is 23.4 Å². The van der Waals surface area contributed by atoms with Gasteiger partial charge in [-0.1, -0.05) is 18.2 Å². The molecular weight excluding hydrogens is 252 g/mol. The molecule has 1 aliphatic rings. The van der Waals surface area contributed by atoms with E-state index in [2.05, 4.69) is 11.4 Å². The third kappa shape index (κ3) is 3.00. The molecule has 0 spiro atoms. The Balaban J connectivity index is 2.21. The summed E-state index contributed by atoms with van der Waals surface area (Å²) >= 11 is 0. The Kier molecular flexibility index (Phi) is 3.84. The lowest BCUT2D eigenvalue weighted by molar-refractivity contribution is -0.120. The van der Waals surface area contributed by atoms with E-state index in [1.807, 2.05) is 36.9 Å². The molecule has 0 aliphatic carbocycles. The summed E-state index contributed by atoms with van der Waals surface area (Å²) in [5.41, 5.74) is 1.88. The van der Waals surface area contributed by atoms with Crippen LogP contribution in [0.15, 0.2) is 24.3 Å². The van der Waals surface area contributed by atoms with E-state index in [0.717, 1.165) is 18.5 Å². The van der Waals surface area contributed by atoms with Gasteiger partial charge in [0.05, 0.1) is 0 Å². The average Bonchev–Trinajstić information content (AvgIpc) is 2.63. The van der Waals surface area contributed by atoms with E-state index in [0.29, 0.717) is 0 Å². The predicted octanol–water partition coefficient (Wildman–Crippen LogP) is 2.27. The van der Waals surface area contributed by atoms with E-state index in [-0.39, 0.29) is 23.4 Å². The van der Waals surface area contributed by atoms with Crippen LogP contribution in [0.2, 0.25) is 0 Å². The Morgan fingerprint density at radius 3 is 2.55 bits per heavy atom. The van der Waals surface area contributed by atoms with Gasteiger partial charge in [-0.3, -0.25) is 9.59 Å². The van der Waals surface area contributed by atoms with Crippen molar-refractivity contribution >= 4 is 17.5 Å². The summed E-state index contributed by atoms with van der Waals surface area (Å²) in [6, 6.07) is 8.11. The zero-order chi connectivity index (χ0) is 14.9. The first-order valence-corrected chi connectivity index (χ1v) is 6.96. The van der Waals surface area contributed by atoms with Crippen molar-refractivity contribution in [2.75, 3.05) is 4.90 Å². The van der Waals surface area contributed by atoms with Gasteiger partial charge in [0.25, 0.3) is 0 Å². The lowest BCUT2D eigenvalue weighted by Crippen LogP contribution is -2.48. The zero-order valence-corrected chi connectivity index (χ0v) is 12.6. The minimum absolute atomic E-state index is 0.0418. The zero-order valence-electron chi connectivity index (χ0n) is 12.6. The summed E-state index contributed by atoms with van der Waals surface area (Å²) in [5.74, 6) is 0.0125. The molecule has 1 heterocycles. The minimum atomic E-state index is -0.327. The summed E-state index contributed by atoms with van der Waals surface area (Å²) in [4.78, 5) is 25.1. The molecule has 1 aromatic carbocycles. The van der Waals surface area contributed by atoms with Crippen molar-refractivity contribution in [2.24, 2.45) is 0 Å². The largest absolute Gasteiger partial charge is 0.351 e. The number of hydrogen-bond donors (Lipinski definition) is 1. The van der Waals surface area contributed by atoms with Gasteiger partial charge in [0.1, 0.15) is 0 Å². The van der Waals surface area contributed by atoms with Crippen LogP contribution in [0, 0.1) is 0 Å². The molecule has 20 heavy (non-hydrogen) atoms. The van der Waals surface area contributed by atoms with E-state index < -0.39 is 0 Å². The number of carbonyl (C=O) groups excluding carboxylic acids is 2. The van der Waals surface area contributed by atoms with Crippen molar-refractivity contribution in [2.45, 2.75) is 52.1 Å². The smallest absolute Gasteiger partial charge is 0.224 e. The maximum absolute atomic E-state index is 12.0. The van der Waals surface area contributed by atoms with Crippen molar-refractivity contribution < 1.29 is 9.59 Å². The Morgan fingerprint density at radius 1 is 1.30 bits per heavy atom. The number of para-hydroxylation sites is 1. The van der Waals surface area contributed by atoms with Gasteiger partial charge in [0, 0.05) is 31.1 Å². The number of fused-ring (bicyclic) bond motifs is 1. The third-order valence-corrected chi connectivity index (χ3v) is 3.67. The van der Waals surface area contributed by atoms with Crippen LogP contribution in [0.25, 0.3) is 0 Å². The number of carbonyl (C=O) groups is 2. The maximum Gasteiger partial charge on any atom is 0.224 e. The van der Waals surface area contributed by atoms with Crippen LogP contribution in [0.1, 0.15) is 39.7 Å². The minimum Gasteiger partial charge on any atom is -0.351 e. The molecule has 0 fully saturated rings. The van der Waals surface area contributed by atoms with Crippen LogP contribution in [0.3, 0.4) is 0 Å². The Morgan fingerprint density at radius 2 is 1.95 bits per heavy atom. The number of anilines is 1. The lowest BCUT2D eigenvalue weighted by Gasteiger charge is -2.33. The number of benzene rings is 1. The standard InChI is InChI=1S/C16H22N2O2/c1-11(19)17-16(3,4)10-14-9-13-7-5-6-8-15(13)18(14)12(2)20/h5-8,14H,9-10H2,1-4H3,(H,17,19). The van der Waals surface area contributed by atoms with Crippen molar-refractivity contribution in [3.63, 3.8) is 0 Å². The summed E-state index contributed by atoms with van der Waals surface area (Å²) in [5, 5.41) is 2.96. The molecule has 0 bridgehead atoms. The fraction of sp³-hybridized carbons (Fsp3) is 0.500. The van der Waals surface area contributed by atoms with Crippen LogP contribution >= 0.6 is 0 Å². The second-order valence-electron chi connectivity index (χ2n) is 6.14. The molecule has 1 aromatic rings. The van der Waals surface area contributed by atoms with Crippen molar-refractivity contribution in [3.8, 4) is 0 Å². The Hall–Kier alpha value is -1.84. The Labute approximate surface area is 120 Å². The molecule has 1 atom stereocenters. The highest BCUT2D eigenvalue weighted by Gasteiger charge is 2.35. The first-order valence-electron chi connectivity index (χ1n) is 6.96. The van der Waals surface area contributed by atoms with Gasteiger partial charge >= 0.3 is 0 Å². The molecule has 1 unspecified atom stereocenters. The fourth-order valence-electron chi connectivity index (χ4n) is 3.17. The van der Waals surface area contributed by atoms with Gasteiger partial charge in [0.2, 0.25) is 11.8 Å². The molecule has 2 amide bonds. The van der Waals surface area contributed by atoms with Gasteiger partial charge < -0.3 is 10.2 Å². The van der Waals surface area contributed by atoms with Crippen LogP contribution < -0.4 is 10.2 Å². The molecule has 1 aliphatic heterocycles. The van der Waals surface area contributed by atoms with E-state index in [1.165, 1.54) is 12.5 Å². The quantitative estimate of drug-likeness (QED) is 0.919. The molecule has 0 saturated carbocycles. The van der Waals surface area contributed by atoms with E-state index in [9.17, 15) is 9.59 Å². The number of hydrogen-bond acceptors (Lipinski definition) is 2. The monoisotopic (exact) mass is 274 g/mol. The highest BCUT2D eigenvalue weighted by molar-refractivity contribution is 5.94. The normalized spacial score (nSPS) is 17.8. The van der Waals surface area contributed by atoms with Gasteiger partial charge in [0.15, 0.2) is 0 Å². The highest BCUT2D eigenvalue weighted by atomic mass is 16.2. The molecule has 0 saturated heterocycles. The Bertz CT molecular complexity index is 537. The first-order chi connectivity index (χ1) is 9.30. The second-order valence-corrected chi connectivity index (χ2v) is 6.14. The lowest BCUT2D eigenvalue weighted by atomic mass is 9.93. The number of rotatable bonds is 3. The second kappa shape index (κ2) is 5.27. The van der Waals surface area contributed by atoms with Crippen molar-refractivity contribution in [3.05, 3.63) is 29.8 Å². The number of nitrogens with one attached hydrogen (secondary N) is 1. The molecular formula is C16H22N2O2. The SMILES string of the molecule is CC(=O)NC(C)(C)CC1Cc2ccccc2N1C(C)=O. The van der Waals surface area contributed by atoms with E-state index in [4.69, 9.17) is 0 Å². The van der Waals surface area contributed by atoms with E-state index in [1.54, 1.807) is 6.92 Å². The van der Waals surface area contributed by atoms with Crippen LogP contribution in [-0.2, 0) is 16.0 Å². The van der Waals surface area contributed by atoms with Gasteiger partial charge in [-0.05, 0) is 38.3 Å². The first kappa shape index (κ1) is 14.6. The van der Waals surface area contributed by atoms with Crippen LogP contribution in [0.4, 0.5) is 5.69 Å². The average molecular weight is 274 g/mol. The molecule has 108 valence electrons. The molecule has 0 aromatic heterocycles. The molecule has 0 radical (unpaired) electrons. The number of amides is 2. The summed E-state index contributed by atoms with van der Waals surface area (Å²) in [6.45, 7) is 7.11. The van der Waals surface area contributed by atoms with E-state index >= 15 is 0 Å². The van der Waals surface area contributed by atoms with Gasteiger partial charge in [-0.2, -0.15) is 0 Å². The molecule has 4 heteroatoms. The molecule has 4 nitrogen and oxygen atoms in total. The molecule has 2 rings (SSSR count). The summed E-state index contributed by atoms with van der Waals surface area (Å²) < 4.78 is 0. The summed E-state index contributed by atoms with van der Waals surface area (Å²) in [6.07, 6.45) is 1.58. The fourth-order valence-corrected chi connectivity index (χ4v) is 3.17.